The summed E-state index contributed by atoms with van der Waals surface area (Å²) in [5.74, 6) is -0.332. The number of likely N-dealkylation sites (tertiary alicyclic amines) is 1. The maximum Gasteiger partial charge on any atom is 0.295 e. The van der Waals surface area contributed by atoms with E-state index in [2.05, 4.69) is 4.98 Å². The van der Waals surface area contributed by atoms with Crippen LogP contribution < -0.4 is 9.47 Å². The molecule has 33 heavy (non-hydrogen) atoms. The number of carbonyl (C=O) groups excluding carboxylic acids is 2. The second kappa shape index (κ2) is 9.56. The van der Waals surface area contributed by atoms with E-state index in [0.29, 0.717) is 29.2 Å². The Morgan fingerprint density at radius 2 is 1.76 bits per heavy atom. The fraction of sp³-hybridized carbons (Fsp3) is 0.192. The standard InChI is InChI=1S/C26H24N2O5/c1-3-33-20-9-7-19(8-10-20)24(29)22-23(18-11-13-27-14-12-18)28(26(31)25(22)30)16-17-5-4-6-21(15-17)32-2/h4-15,23,29H,3,16H2,1-2H3/b24-22-. The number of carbonyl (C=O) groups is 2. The Morgan fingerprint density at radius 1 is 1.03 bits per heavy atom. The molecule has 0 bridgehead atoms. The first-order chi connectivity index (χ1) is 16.0. The molecule has 0 spiro atoms. The van der Waals surface area contributed by atoms with Gasteiger partial charge in [0.1, 0.15) is 17.3 Å². The van der Waals surface area contributed by atoms with Gasteiger partial charge in [-0.15, -0.1) is 0 Å². The maximum absolute atomic E-state index is 13.1. The van der Waals surface area contributed by atoms with E-state index in [1.807, 2.05) is 31.2 Å². The first-order valence-electron chi connectivity index (χ1n) is 10.6. The third kappa shape index (κ3) is 4.43. The Morgan fingerprint density at radius 3 is 2.42 bits per heavy atom. The fourth-order valence-corrected chi connectivity index (χ4v) is 3.93. The quantitative estimate of drug-likeness (QED) is 0.335. The second-order valence-corrected chi connectivity index (χ2v) is 7.52. The van der Waals surface area contributed by atoms with Crippen LogP contribution in [0.15, 0.2) is 78.6 Å². The molecular formula is C26H24N2O5. The summed E-state index contributed by atoms with van der Waals surface area (Å²) in [6.45, 7) is 2.57. The van der Waals surface area contributed by atoms with E-state index in [1.165, 1.54) is 4.90 Å². The fourth-order valence-electron chi connectivity index (χ4n) is 3.93. The molecule has 2 heterocycles. The number of ether oxygens (including phenoxy) is 2. The van der Waals surface area contributed by atoms with Gasteiger partial charge in [-0.1, -0.05) is 12.1 Å². The molecule has 4 rings (SSSR count). The molecule has 7 heteroatoms. The highest BCUT2D eigenvalue weighted by Gasteiger charge is 2.46. The number of aliphatic hydroxyl groups excluding tert-OH is 1. The van der Waals surface area contributed by atoms with Crippen molar-refractivity contribution >= 4 is 17.4 Å². The summed E-state index contributed by atoms with van der Waals surface area (Å²) in [5, 5.41) is 11.1. The van der Waals surface area contributed by atoms with E-state index >= 15 is 0 Å². The number of ketones is 1. The lowest BCUT2D eigenvalue weighted by atomic mass is 9.96. The lowest BCUT2D eigenvalue weighted by Crippen LogP contribution is -2.29. The molecule has 1 N–H and O–H groups in total. The summed E-state index contributed by atoms with van der Waals surface area (Å²) in [6.07, 6.45) is 3.19. The normalized spacial score (nSPS) is 17.3. The minimum atomic E-state index is -0.759. The van der Waals surface area contributed by atoms with Crippen LogP contribution in [0, 0.1) is 0 Å². The predicted molar refractivity (Wildman–Crippen MR) is 123 cm³/mol. The molecule has 0 radical (unpaired) electrons. The van der Waals surface area contributed by atoms with Gasteiger partial charge in [-0.05, 0) is 66.6 Å². The van der Waals surface area contributed by atoms with Crippen LogP contribution in [0.2, 0.25) is 0 Å². The van der Waals surface area contributed by atoms with Gasteiger partial charge in [0, 0.05) is 24.5 Å². The molecule has 1 aliphatic rings. The number of methoxy groups -OCH3 is 1. The van der Waals surface area contributed by atoms with Gasteiger partial charge in [0.05, 0.1) is 25.3 Å². The van der Waals surface area contributed by atoms with Gasteiger partial charge < -0.3 is 19.5 Å². The second-order valence-electron chi connectivity index (χ2n) is 7.52. The molecule has 1 aromatic heterocycles. The van der Waals surface area contributed by atoms with Crippen LogP contribution in [-0.4, -0.2) is 40.4 Å². The van der Waals surface area contributed by atoms with Crippen LogP contribution in [-0.2, 0) is 16.1 Å². The van der Waals surface area contributed by atoms with E-state index in [1.54, 1.807) is 55.9 Å². The zero-order chi connectivity index (χ0) is 23.4. The van der Waals surface area contributed by atoms with Crippen LogP contribution in [0.5, 0.6) is 11.5 Å². The van der Waals surface area contributed by atoms with E-state index in [0.717, 1.165) is 5.56 Å². The van der Waals surface area contributed by atoms with E-state index < -0.39 is 17.7 Å². The topological polar surface area (TPSA) is 89.0 Å². The Hall–Kier alpha value is -4.13. The number of hydrogen-bond acceptors (Lipinski definition) is 6. The largest absolute Gasteiger partial charge is 0.507 e. The van der Waals surface area contributed by atoms with Crippen LogP contribution in [0.25, 0.3) is 5.76 Å². The summed E-state index contributed by atoms with van der Waals surface area (Å²) >= 11 is 0. The van der Waals surface area contributed by atoms with E-state index in [4.69, 9.17) is 9.47 Å². The van der Waals surface area contributed by atoms with Crippen LogP contribution in [0.3, 0.4) is 0 Å². The number of hydrogen-bond donors (Lipinski definition) is 1. The molecule has 2 aromatic carbocycles. The highest BCUT2D eigenvalue weighted by molar-refractivity contribution is 6.46. The number of benzene rings is 2. The summed E-state index contributed by atoms with van der Waals surface area (Å²) in [5.41, 5.74) is 1.95. The Bertz CT molecular complexity index is 1190. The van der Waals surface area contributed by atoms with Crippen molar-refractivity contribution in [3.63, 3.8) is 0 Å². The Kier molecular flexibility index (Phi) is 6.40. The first kappa shape index (κ1) is 22.1. The molecule has 1 fully saturated rings. The molecule has 7 nitrogen and oxygen atoms in total. The zero-order valence-electron chi connectivity index (χ0n) is 18.4. The minimum absolute atomic E-state index is 0.0401. The average Bonchev–Trinajstić information content (AvgIpc) is 3.10. The highest BCUT2D eigenvalue weighted by Crippen LogP contribution is 2.40. The molecular weight excluding hydrogens is 420 g/mol. The molecule has 1 atom stereocenters. The predicted octanol–water partition coefficient (Wildman–Crippen LogP) is 4.11. The summed E-state index contributed by atoms with van der Waals surface area (Å²) < 4.78 is 10.7. The number of nitrogens with zero attached hydrogens (tertiary/aromatic N) is 2. The molecule has 1 amide bonds. The van der Waals surface area contributed by atoms with Crippen molar-refractivity contribution in [3.8, 4) is 11.5 Å². The smallest absolute Gasteiger partial charge is 0.295 e. The van der Waals surface area contributed by atoms with Gasteiger partial charge in [-0.2, -0.15) is 0 Å². The van der Waals surface area contributed by atoms with Crippen molar-refractivity contribution in [1.29, 1.82) is 0 Å². The highest BCUT2D eigenvalue weighted by atomic mass is 16.5. The van der Waals surface area contributed by atoms with Gasteiger partial charge in [0.15, 0.2) is 0 Å². The summed E-state index contributed by atoms with van der Waals surface area (Å²) in [4.78, 5) is 31.7. The molecule has 1 aliphatic heterocycles. The van der Waals surface area contributed by atoms with Crippen LogP contribution >= 0.6 is 0 Å². The van der Waals surface area contributed by atoms with Gasteiger partial charge in [-0.25, -0.2) is 0 Å². The molecule has 1 saturated heterocycles. The number of pyridine rings is 1. The monoisotopic (exact) mass is 444 g/mol. The van der Waals surface area contributed by atoms with Crippen molar-refractivity contribution in [3.05, 3.63) is 95.3 Å². The van der Waals surface area contributed by atoms with Crippen molar-refractivity contribution in [2.75, 3.05) is 13.7 Å². The van der Waals surface area contributed by atoms with Crippen LogP contribution in [0.1, 0.15) is 29.7 Å². The third-order valence-corrected chi connectivity index (χ3v) is 5.49. The number of aromatic nitrogens is 1. The lowest BCUT2D eigenvalue weighted by Gasteiger charge is -2.25. The van der Waals surface area contributed by atoms with E-state index in [9.17, 15) is 14.7 Å². The van der Waals surface area contributed by atoms with Crippen molar-refractivity contribution in [2.45, 2.75) is 19.5 Å². The molecule has 168 valence electrons. The number of Topliss-reactive ketones (excluding diaryl/α,β-unsaturated/α-hetero) is 1. The van der Waals surface area contributed by atoms with Crippen molar-refractivity contribution in [1.82, 2.24) is 9.88 Å². The van der Waals surface area contributed by atoms with Crippen LogP contribution in [0.4, 0.5) is 0 Å². The average molecular weight is 444 g/mol. The van der Waals surface area contributed by atoms with Gasteiger partial charge in [0.25, 0.3) is 11.7 Å². The SMILES string of the molecule is CCOc1ccc(/C(O)=C2/C(=O)C(=O)N(Cc3cccc(OC)c3)C2c2ccncc2)cc1. The number of amides is 1. The molecule has 0 saturated carbocycles. The van der Waals surface area contributed by atoms with E-state index in [-0.39, 0.29) is 17.9 Å². The molecule has 0 aliphatic carbocycles. The van der Waals surface area contributed by atoms with Crippen molar-refractivity contribution in [2.24, 2.45) is 0 Å². The van der Waals surface area contributed by atoms with Gasteiger partial charge in [0.2, 0.25) is 0 Å². The molecule has 1 unspecified atom stereocenters. The minimum Gasteiger partial charge on any atom is -0.507 e. The first-order valence-corrected chi connectivity index (χ1v) is 10.6. The summed E-state index contributed by atoms with van der Waals surface area (Å²) in [7, 11) is 1.57. The number of rotatable bonds is 7. The number of aliphatic hydroxyl groups is 1. The Balaban J connectivity index is 1.79. The van der Waals surface area contributed by atoms with Gasteiger partial charge >= 0.3 is 0 Å². The van der Waals surface area contributed by atoms with Crippen molar-refractivity contribution < 1.29 is 24.2 Å². The maximum atomic E-state index is 13.1. The molecule has 3 aromatic rings. The lowest BCUT2D eigenvalue weighted by molar-refractivity contribution is -0.140. The zero-order valence-corrected chi connectivity index (χ0v) is 18.4. The summed E-state index contributed by atoms with van der Waals surface area (Å²) in [6, 6.07) is 16.8. The third-order valence-electron chi connectivity index (χ3n) is 5.49. The Labute approximate surface area is 191 Å². The van der Waals surface area contributed by atoms with Gasteiger partial charge in [-0.3, -0.25) is 14.6 Å².